The molecular weight excluding hydrogens is 172 g/mol. The highest BCUT2D eigenvalue weighted by Gasteiger charge is 2.21. The van der Waals surface area contributed by atoms with Crippen LogP contribution in [0.25, 0.3) is 0 Å². The van der Waals surface area contributed by atoms with E-state index in [1.165, 1.54) is 32.2 Å². The summed E-state index contributed by atoms with van der Waals surface area (Å²) in [6.07, 6.45) is 5.76. The highest BCUT2D eigenvalue weighted by atomic mass is 15.1. The maximum Gasteiger partial charge on any atom is 0.00418 e. The largest absolute Gasteiger partial charge is 0.330 e. The highest BCUT2D eigenvalue weighted by molar-refractivity contribution is 4.76. The monoisotopic (exact) mass is 198 g/mol. The van der Waals surface area contributed by atoms with Crippen molar-refractivity contribution in [2.24, 2.45) is 17.1 Å². The summed E-state index contributed by atoms with van der Waals surface area (Å²) in [6, 6.07) is 0. The molecule has 0 bridgehead atoms. The Morgan fingerprint density at radius 2 is 1.86 bits per heavy atom. The van der Waals surface area contributed by atoms with Gasteiger partial charge in [-0.25, -0.2) is 0 Å². The van der Waals surface area contributed by atoms with E-state index in [9.17, 15) is 0 Å². The van der Waals surface area contributed by atoms with E-state index in [0.29, 0.717) is 0 Å². The Bertz CT molecular complexity index is 160. The van der Waals surface area contributed by atoms with Gasteiger partial charge in [-0.1, -0.05) is 26.7 Å². The summed E-state index contributed by atoms with van der Waals surface area (Å²) in [4.78, 5) is 2.46. The molecule has 2 heteroatoms. The molecule has 0 aromatic rings. The van der Waals surface area contributed by atoms with Gasteiger partial charge in [-0.2, -0.15) is 0 Å². The summed E-state index contributed by atoms with van der Waals surface area (Å²) in [6.45, 7) is 7.67. The van der Waals surface area contributed by atoms with Crippen molar-refractivity contribution in [1.82, 2.24) is 4.90 Å². The van der Waals surface area contributed by atoms with Crippen LogP contribution in [0.3, 0.4) is 0 Å². The van der Waals surface area contributed by atoms with Crippen LogP contribution in [-0.4, -0.2) is 31.6 Å². The third kappa shape index (κ3) is 3.97. The van der Waals surface area contributed by atoms with E-state index in [4.69, 9.17) is 5.73 Å². The standard InChI is InChI=1S/C12H26N2/c1-12(2,9-13)10-14(3)8-11-6-4-5-7-11/h11H,4-10,13H2,1-3H3. The van der Waals surface area contributed by atoms with Crippen LogP contribution in [-0.2, 0) is 0 Å². The second kappa shape index (κ2) is 5.13. The van der Waals surface area contributed by atoms with Crippen molar-refractivity contribution in [2.45, 2.75) is 39.5 Å². The van der Waals surface area contributed by atoms with Gasteiger partial charge in [0.25, 0.3) is 0 Å². The van der Waals surface area contributed by atoms with E-state index in [-0.39, 0.29) is 5.41 Å². The average Bonchev–Trinajstić information content (AvgIpc) is 2.55. The molecule has 0 amide bonds. The topological polar surface area (TPSA) is 29.3 Å². The van der Waals surface area contributed by atoms with E-state index >= 15 is 0 Å². The fraction of sp³-hybridized carbons (Fsp3) is 1.00. The second-order valence-electron chi connectivity index (χ2n) is 5.72. The maximum atomic E-state index is 5.74. The van der Waals surface area contributed by atoms with Crippen LogP contribution in [0, 0.1) is 11.3 Å². The van der Waals surface area contributed by atoms with Crippen LogP contribution in [0.5, 0.6) is 0 Å². The summed E-state index contributed by atoms with van der Waals surface area (Å²) < 4.78 is 0. The smallest absolute Gasteiger partial charge is 0.00418 e. The van der Waals surface area contributed by atoms with Crippen LogP contribution >= 0.6 is 0 Å². The SMILES string of the molecule is CN(CC1CCCC1)CC(C)(C)CN. The fourth-order valence-corrected chi connectivity index (χ4v) is 2.49. The lowest BCUT2D eigenvalue weighted by molar-refractivity contribution is 0.192. The van der Waals surface area contributed by atoms with Crippen molar-refractivity contribution in [3.8, 4) is 0 Å². The summed E-state index contributed by atoms with van der Waals surface area (Å²) >= 11 is 0. The Labute approximate surface area is 88.8 Å². The van der Waals surface area contributed by atoms with Gasteiger partial charge in [-0.05, 0) is 37.8 Å². The molecule has 1 aliphatic carbocycles. The molecule has 84 valence electrons. The van der Waals surface area contributed by atoms with Gasteiger partial charge in [-0.15, -0.1) is 0 Å². The van der Waals surface area contributed by atoms with E-state index in [1.807, 2.05) is 0 Å². The average molecular weight is 198 g/mol. The van der Waals surface area contributed by atoms with E-state index < -0.39 is 0 Å². The maximum absolute atomic E-state index is 5.74. The first-order chi connectivity index (χ1) is 6.53. The highest BCUT2D eigenvalue weighted by Crippen LogP contribution is 2.26. The number of hydrogen-bond acceptors (Lipinski definition) is 2. The first kappa shape index (κ1) is 12.0. The zero-order valence-corrected chi connectivity index (χ0v) is 10.1. The quantitative estimate of drug-likeness (QED) is 0.733. The van der Waals surface area contributed by atoms with Crippen molar-refractivity contribution < 1.29 is 0 Å². The van der Waals surface area contributed by atoms with Gasteiger partial charge in [0.2, 0.25) is 0 Å². The molecule has 0 spiro atoms. The Kier molecular flexibility index (Phi) is 4.39. The molecule has 0 radical (unpaired) electrons. The van der Waals surface area contributed by atoms with Gasteiger partial charge < -0.3 is 10.6 Å². The minimum atomic E-state index is 0.271. The van der Waals surface area contributed by atoms with E-state index in [0.717, 1.165) is 19.0 Å². The van der Waals surface area contributed by atoms with Crippen molar-refractivity contribution in [3.63, 3.8) is 0 Å². The molecule has 0 aromatic carbocycles. The first-order valence-corrected chi connectivity index (χ1v) is 5.92. The van der Waals surface area contributed by atoms with Crippen molar-refractivity contribution in [1.29, 1.82) is 0 Å². The Hall–Kier alpha value is -0.0800. The predicted octanol–water partition coefficient (Wildman–Crippen LogP) is 2.09. The number of nitrogens with zero attached hydrogens (tertiary/aromatic N) is 1. The molecule has 0 saturated heterocycles. The Morgan fingerprint density at radius 1 is 1.29 bits per heavy atom. The number of hydrogen-bond donors (Lipinski definition) is 1. The zero-order chi connectivity index (χ0) is 10.6. The van der Waals surface area contributed by atoms with Crippen molar-refractivity contribution >= 4 is 0 Å². The lowest BCUT2D eigenvalue weighted by Crippen LogP contribution is -2.38. The Morgan fingerprint density at radius 3 is 2.36 bits per heavy atom. The van der Waals surface area contributed by atoms with Gasteiger partial charge >= 0.3 is 0 Å². The molecule has 1 rings (SSSR count). The normalized spacial score (nSPS) is 19.5. The van der Waals surface area contributed by atoms with Gasteiger partial charge in [0, 0.05) is 13.1 Å². The second-order valence-corrected chi connectivity index (χ2v) is 5.72. The lowest BCUT2D eigenvalue weighted by Gasteiger charge is -2.30. The molecule has 0 atom stereocenters. The fourth-order valence-electron chi connectivity index (χ4n) is 2.49. The minimum absolute atomic E-state index is 0.271. The molecular formula is C12H26N2. The molecule has 0 aliphatic heterocycles. The van der Waals surface area contributed by atoms with Crippen LogP contribution in [0.15, 0.2) is 0 Å². The molecule has 0 aromatic heterocycles. The van der Waals surface area contributed by atoms with Crippen LogP contribution < -0.4 is 5.73 Å². The van der Waals surface area contributed by atoms with Crippen LogP contribution in [0.2, 0.25) is 0 Å². The van der Waals surface area contributed by atoms with E-state index in [1.54, 1.807) is 0 Å². The van der Waals surface area contributed by atoms with Crippen LogP contribution in [0.1, 0.15) is 39.5 Å². The molecule has 1 saturated carbocycles. The third-order valence-corrected chi connectivity index (χ3v) is 3.30. The summed E-state index contributed by atoms with van der Waals surface area (Å²) in [5.41, 5.74) is 6.01. The van der Waals surface area contributed by atoms with Gasteiger partial charge in [0.1, 0.15) is 0 Å². The molecule has 2 nitrogen and oxygen atoms in total. The number of rotatable bonds is 5. The zero-order valence-electron chi connectivity index (χ0n) is 10.1. The minimum Gasteiger partial charge on any atom is -0.330 e. The Balaban J connectivity index is 2.23. The first-order valence-electron chi connectivity index (χ1n) is 5.92. The summed E-state index contributed by atoms with van der Waals surface area (Å²) in [5.74, 6) is 0.952. The van der Waals surface area contributed by atoms with Crippen LogP contribution in [0.4, 0.5) is 0 Å². The lowest BCUT2D eigenvalue weighted by atomic mass is 9.93. The van der Waals surface area contributed by atoms with Gasteiger partial charge in [0.15, 0.2) is 0 Å². The van der Waals surface area contributed by atoms with Gasteiger partial charge in [-0.3, -0.25) is 0 Å². The number of nitrogens with two attached hydrogens (primary N) is 1. The van der Waals surface area contributed by atoms with Crippen molar-refractivity contribution in [3.05, 3.63) is 0 Å². The van der Waals surface area contributed by atoms with Gasteiger partial charge in [0.05, 0.1) is 0 Å². The molecule has 1 aliphatic rings. The third-order valence-electron chi connectivity index (χ3n) is 3.30. The predicted molar refractivity (Wildman–Crippen MR) is 62.3 cm³/mol. The molecule has 0 unspecified atom stereocenters. The van der Waals surface area contributed by atoms with E-state index in [2.05, 4.69) is 25.8 Å². The summed E-state index contributed by atoms with van der Waals surface area (Å²) in [5, 5.41) is 0. The summed E-state index contributed by atoms with van der Waals surface area (Å²) in [7, 11) is 2.23. The molecule has 0 heterocycles. The molecule has 1 fully saturated rings. The van der Waals surface area contributed by atoms with Crippen molar-refractivity contribution in [2.75, 3.05) is 26.7 Å². The molecule has 2 N–H and O–H groups in total. The molecule has 14 heavy (non-hydrogen) atoms.